The van der Waals surface area contributed by atoms with Crippen LogP contribution in [0.25, 0.3) is 0 Å². The fourth-order valence-electron chi connectivity index (χ4n) is 2.54. The van der Waals surface area contributed by atoms with Gasteiger partial charge >= 0.3 is 0 Å². The zero-order chi connectivity index (χ0) is 12.6. The third kappa shape index (κ3) is 5.31. The van der Waals surface area contributed by atoms with Crippen molar-refractivity contribution in [1.82, 2.24) is 9.80 Å². The fraction of sp³-hybridized carbons (Fsp3) is 1.00. The van der Waals surface area contributed by atoms with Gasteiger partial charge in [0.25, 0.3) is 0 Å². The summed E-state index contributed by atoms with van der Waals surface area (Å²) in [5.74, 6) is 0. The molecule has 0 saturated carbocycles. The largest absolute Gasteiger partial charge is 0.301 e. The molecule has 2 atom stereocenters. The van der Waals surface area contributed by atoms with Crippen LogP contribution in [0, 0.1) is 0 Å². The van der Waals surface area contributed by atoms with Gasteiger partial charge in [-0.25, -0.2) is 0 Å². The van der Waals surface area contributed by atoms with Crippen molar-refractivity contribution in [3.05, 3.63) is 0 Å². The summed E-state index contributed by atoms with van der Waals surface area (Å²) in [6.45, 7) is 18.5. The Hall–Kier alpha value is -0.0800. The lowest BCUT2D eigenvalue weighted by molar-refractivity contribution is 0.178. The Morgan fingerprint density at radius 3 is 1.06 bits per heavy atom. The molecule has 16 heavy (non-hydrogen) atoms. The van der Waals surface area contributed by atoms with Crippen LogP contribution in [-0.2, 0) is 0 Å². The van der Waals surface area contributed by atoms with Crippen LogP contribution in [0.4, 0.5) is 0 Å². The highest BCUT2D eigenvalue weighted by atomic mass is 15.2. The highest BCUT2D eigenvalue weighted by Gasteiger charge is 2.14. The molecule has 0 aromatic rings. The first kappa shape index (κ1) is 15.9. The minimum atomic E-state index is 0.730. The summed E-state index contributed by atoms with van der Waals surface area (Å²) in [6, 6.07) is 1.46. The van der Waals surface area contributed by atoms with Crippen LogP contribution in [0.5, 0.6) is 0 Å². The van der Waals surface area contributed by atoms with Crippen molar-refractivity contribution in [3.63, 3.8) is 0 Å². The van der Waals surface area contributed by atoms with Gasteiger partial charge in [0.1, 0.15) is 0 Å². The lowest BCUT2D eigenvalue weighted by Crippen LogP contribution is -2.36. The first-order chi connectivity index (χ1) is 7.60. The van der Waals surface area contributed by atoms with Crippen LogP contribution in [0.1, 0.15) is 54.4 Å². The molecule has 0 N–H and O–H groups in total. The van der Waals surface area contributed by atoms with Crippen molar-refractivity contribution in [2.75, 3.05) is 26.2 Å². The molecule has 0 spiro atoms. The molecule has 0 aromatic heterocycles. The van der Waals surface area contributed by atoms with Crippen LogP contribution in [0.3, 0.4) is 0 Å². The van der Waals surface area contributed by atoms with E-state index in [-0.39, 0.29) is 0 Å². The van der Waals surface area contributed by atoms with Crippen molar-refractivity contribution in [3.8, 4) is 0 Å². The smallest absolute Gasteiger partial charge is 0.00672 e. The standard InChI is InChI=1S/C14H32N2/c1-7-15(8-2)13(5)11-12-14(6)16(9-3)10-4/h13-14H,7-12H2,1-6H3. The molecule has 0 radical (unpaired) electrons. The van der Waals surface area contributed by atoms with Crippen molar-refractivity contribution in [2.24, 2.45) is 0 Å². The number of hydrogen-bond donors (Lipinski definition) is 0. The average Bonchev–Trinajstić information content (AvgIpc) is 2.29. The highest BCUT2D eigenvalue weighted by molar-refractivity contribution is 4.70. The molecule has 0 bridgehead atoms. The molecule has 2 nitrogen and oxygen atoms in total. The molecule has 0 aliphatic rings. The summed E-state index contributed by atoms with van der Waals surface area (Å²) in [5, 5.41) is 0. The zero-order valence-electron chi connectivity index (χ0n) is 12.3. The lowest BCUT2D eigenvalue weighted by Gasteiger charge is -2.30. The van der Waals surface area contributed by atoms with E-state index in [1.165, 1.54) is 39.0 Å². The number of hydrogen-bond acceptors (Lipinski definition) is 2. The second-order valence-corrected chi connectivity index (χ2v) is 4.72. The Kier molecular flexibility index (Phi) is 8.96. The van der Waals surface area contributed by atoms with Gasteiger partial charge in [0, 0.05) is 12.1 Å². The maximum Gasteiger partial charge on any atom is 0.00672 e. The van der Waals surface area contributed by atoms with Gasteiger partial charge in [0.05, 0.1) is 0 Å². The van der Waals surface area contributed by atoms with Crippen molar-refractivity contribution >= 4 is 0 Å². The van der Waals surface area contributed by atoms with E-state index in [1.807, 2.05) is 0 Å². The Morgan fingerprint density at radius 1 is 0.625 bits per heavy atom. The van der Waals surface area contributed by atoms with E-state index in [0.717, 1.165) is 12.1 Å². The Labute approximate surface area is 103 Å². The monoisotopic (exact) mass is 228 g/mol. The number of rotatable bonds is 9. The first-order valence-corrected chi connectivity index (χ1v) is 7.08. The van der Waals surface area contributed by atoms with E-state index in [9.17, 15) is 0 Å². The Morgan fingerprint density at radius 2 is 0.875 bits per heavy atom. The molecule has 0 aliphatic heterocycles. The van der Waals surface area contributed by atoms with Gasteiger partial charge in [-0.3, -0.25) is 0 Å². The maximum absolute atomic E-state index is 2.55. The SMILES string of the molecule is CCN(CC)C(C)CCC(C)N(CC)CC. The topological polar surface area (TPSA) is 6.48 Å². The third-order valence-corrected chi connectivity index (χ3v) is 3.87. The fourth-order valence-corrected chi connectivity index (χ4v) is 2.54. The van der Waals surface area contributed by atoms with Crippen LogP contribution in [0.2, 0.25) is 0 Å². The second-order valence-electron chi connectivity index (χ2n) is 4.72. The molecule has 0 saturated heterocycles. The summed E-state index contributed by atoms with van der Waals surface area (Å²) in [5.41, 5.74) is 0. The van der Waals surface area contributed by atoms with Gasteiger partial charge in [0.2, 0.25) is 0 Å². The summed E-state index contributed by atoms with van der Waals surface area (Å²) in [6.07, 6.45) is 2.64. The predicted octanol–water partition coefficient (Wildman–Crippen LogP) is 3.23. The molecular formula is C14H32N2. The normalized spacial score (nSPS) is 15.8. The molecule has 2 unspecified atom stereocenters. The molecular weight excluding hydrogens is 196 g/mol. The van der Waals surface area contributed by atoms with Gasteiger partial charge in [0.15, 0.2) is 0 Å². The molecule has 98 valence electrons. The van der Waals surface area contributed by atoms with E-state index >= 15 is 0 Å². The van der Waals surface area contributed by atoms with Crippen LogP contribution in [-0.4, -0.2) is 48.1 Å². The average molecular weight is 228 g/mol. The predicted molar refractivity (Wildman–Crippen MR) is 74.0 cm³/mol. The quantitative estimate of drug-likeness (QED) is 0.598. The molecule has 0 heterocycles. The molecule has 0 amide bonds. The van der Waals surface area contributed by atoms with Gasteiger partial charge in [-0.15, -0.1) is 0 Å². The highest BCUT2D eigenvalue weighted by Crippen LogP contribution is 2.12. The van der Waals surface area contributed by atoms with Gasteiger partial charge < -0.3 is 9.80 Å². The minimum Gasteiger partial charge on any atom is -0.301 e. The molecule has 2 heteroatoms. The minimum absolute atomic E-state index is 0.730. The van der Waals surface area contributed by atoms with Crippen molar-refractivity contribution < 1.29 is 0 Å². The van der Waals surface area contributed by atoms with Crippen LogP contribution < -0.4 is 0 Å². The van der Waals surface area contributed by atoms with Crippen LogP contribution in [0.15, 0.2) is 0 Å². The maximum atomic E-state index is 2.55. The summed E-state index contributed by atoms with van der Waals surface area (Å²) in [4.78, 5) is 5.10. The van der Waals surface area contributed by atoms with Gasteiger partial charge in [-0.2, -0.15) is 0 Å². The van der Waals surface area contributed by atoms with E-state index < -0.39 is 0 Å². The van der Waals surface area contributed by atoms with E-state index in [2.05, 4.69) is 51.3 Å². The lowest BCUT2D eigenvalue weighted by atomic mass is 10.1. The number of nitrogens with zero attached hydrogens (tertiary/aromatic N) is 2. The second kappa shape index (κ2) is 9.00. The molecule has 0 aromatic carbocycles. The van der Waals surface area contributed by atoms with Gasteiger partial charge in [-0.1, -0.05) is 27.7 Å². The summed E-state index contributed by atoms with van der Waals surface area (Å²) >= 11 is 0. The van der Waals surface area contributed by atoms with E-state index in [4.69, 9.17) is 0 Å². The first-order valence-electron chi connectivity index (χ1n) is 7.08. The molecule has 0 aliphatic carbocycles. The van der Waals surface area contributed by atoms with Gasteiger partial charge in [-0.05, 0) is 52.9 Å². The van der Waals surface area contributed by atoms with Crippen molar-refractivity contribution in [2.45, 2.75) is 66.5 Å². The zero-order valence-corrected chi connectivity index (χ0v) is 12.3. The van der Waals surface area contributed by atoms with E-state index in [1.54, 1.807) is 0 Å². The van der Waals surface area contributed by atoms with E-state index in [0.29, 0.717) is 0 Å². The Balaban J connectivity index is 3.93. The molecule has 0 fully saturated rings. The van der Waals surface area contributed by atoms with Crippen molar-refractivity contribution in [1.29, 1.82) is 0 Å². The summed E-state index contributed by atoms with van der Waals surface area (Å²) in [7, 11) is 0. The van der Waals surface area contributed by atoms with Crippen LogP contribution >= 0.6 is 0 Å². The Bertz CT molecular complexity index is 133. The molecule has 0 rings (SSSR count). The summed E-state index contributed by atoms with van der Waals surface area (Å²) < 4.78 is 0. The third-order valence-electron chi connectivity index (χ3n) is 3.87.